The number of carbonyl (C=O) groups is 1. The molecule has 1 aromatic heterocycles. The lowest BCUT2D eigenvalue weighted by molar-refractivity contribution is 0.102. The maximum atomic E-state index is 12.4. The normalized spacial score (nSPS) is 10.4. The highest BCUT2D eigenvalue weighted by molar-refractivity contribution is 6.31. The second-order valence-electron chi connectivity index (χ2n) is 5.66. The van der Waals surface area contributed by atoms with Gasteiger partial charge < -0.3 is 10.6 Å². The van der Waals surface area contributed by atoms with Crippen LogP contribution >= 0.6 is 23.2 Å². The number of aryl methyl sites for hydroxylation is 1. The van der Waals surface area contributed by atoms with Crippen LogP contribution in [0, 0.1) is 6.92 Å². The number of amides is 1. The first-order valence-corrected chi connectivity index (χ1v) is 8.66. The standard InChI is InChI=1S/C19H16Cl2N4O/c1-12-10-15(21)6-7-16(12)24-18(26)17-8-9-22-19(25-17)23-11-13-2-4-14(20)5-3-13/h2-10H,11H2,1H3,(H,24,26)(H,22,23,25). The Hall–Kier alpha value is -2.63. The van der Waals surface area contributed by atoms with Gasteiger partial charge in [0, 0.05) is 28.5 Å². The fourth-order valence-corrected chi connectivity index (χ4v) is 2.66. The predicted octanol–water partition coefficient (Wildman–Crippen LogP) is 4.96. The van der Waals surface area contributed by atoms with Crippen molar-refractivity contribution in [3.63, 3.8) is 0 Å². The van der Waals surface area contributed by atoms with Crippen LogP contribution in [0.2, 0.25) is 10.0 Å². The highest BCUT2D eigenvalue weighted by Crippen LogP contribution is 2.20. The first kappa shape index (κ1) is 18.2. The monoisotopic (exact) mass is 386 g/mol. The van der Waals surface area contributed by atoms with Crippen molar-refractivity contribution in [2.45, 2.75) is 13.5 Å². The molecule has 26 heavy (non-hydrogen) atoms. The predicted molar refractivity (Wildman–Crippen MR) is 105 cm³/mol. The first-order chi connectivity index (χ1) is 12.5. The van der Waals surface area contributed by atoms with Gasteiger partial charge in [-0.25, -0.2) is 9.97 Å². The Bertz CT molecular complexity index is 929. The van der Waals surface area contributed by atoms with E-state index in [4.69, 9.17) is 23.2 Å². The summed E-state index contributed by atoms with van der Waals surface area (Å²) in [6.45, 7) is 2.40. The van der Waals surface area contributed by atoms with Gasteiger partial charge in [-0.15, -0.1) is 0 Å². The van der Waals surface area contributed by atoms with Crippen LogP contribution < -0.4 is 10.6 Å². The average molecular weight is 387 g/mol. The molecule has 0 unspecified atom stereocenters. The minimum Gasteiger partial charge on any atom is -0.350 e. The third-order valence-electron chi connectivity index (χ3n) is 3.69. The van der Waals surface area contributed by atoms with Crippen molar-refractivity contribution >= 4 is 40.7 Å². The molecule has 5 nitrogen and oxygen atoms in total. The van der Waals surface area contributed by atoms with E-state index in [1.165, 1.54) is 0 Å². The fraction of sp³-hybridized carbons (Fsp3) is 0.105. The maximum absolute atomic E-state index is 12.4. The fourth-order valence-electron chi connectivity index (χ4n) is 2.31. The number of nitrogens with one attached hydrogen (secondary N) is 2. The SMILES string of the molecule is Cc1cc(Cl)ccc1NC(=O)c1ccnc(NCc2ccc(Cl)cc2)n1. The Morgan fingerprint density at radius 2 is 1.77 bits per heavy atom. The van der Waals surface area contributed by atoms with Gasteiger partial charge in [-0.3, -0.25) is 4.79 Å². The van der Waals surface area contributed by atoms with E-state index in [0.29, 0.717) is 28.2 Å². The van der Waals surface area contributed by atoms with Crippen molar-refractivity contribution in [3.05, 3.63) is 81.6 Å². The Labute approximate surface area is 161 Å². The van der Waals surface area contributed by atoms with Gasteiger partial charge in [0.15, 0.2) is 0 Å². The summed E-state index contributed by atoms with van der Waals surface area (Å²) < 4.78 is 0. The molecule has 0 saturated carbocycles. The molecule has 0 aliphatic rings. The lowest BCUT2D eigenvalue weighted by Crippen LogP contribution is -2.16. The zero-order valence-electron chi connectivity index (χ0n) is 14.0. The molecule has 0 saturated heterocycles. The minimum absolute atomic E-state index is 0.271. The molecule has 0 spiro atoms. The summed E-state index contributed by atoms with van der Waals surface area (Å²) in [4.78, 5) is 20.8. The van der Waals surface area contributed by atoms with Gasteiger partial charge in [0.25, 0.3) is 5.91 Å². The molecule has 7 heteroatoms. The third-order valence-corrected chi connectivity index (χ3v) is 4.18. The number of nitrogens with zero attached hydrogens (tertiary/aromatic N) is 2. The molecular formula is C19H16Cl2N4O. The lowest BCUT2D eigenvalue weighted by Gasteiger charge is -2.09. The zero-order chi connectivity index (χ0) is 18.5. The smallest absolute Gasteiger partial charge is 0.274 e. The van der Waals surface area contributed by atoms with Gasteiger partial charge in [0.05, 0.1) is 0 Å². The van der Waals surface area contributed by atoms with Crippen molar-refractivity contribution in [1.82, 2.24) is 9.97 Å². The number of benzene rings is 2. The van der Waals surface area contributed by atoms with Gasteiger partial charge in [0.1, 0.15) is 5.69 Å². The summed E-state index contributed by atoms with van der Waals surface area (Å²) in [6, 6.07) is 14.3. The number of halogens is 2. The topological polar surface area (TPSA) is 66.9 Å². The van der Waals surface area contributed by atoms with Crippen LogP contribution in [0.15, 0.2) is 54.7 Å². The van der Waals surface area contributed by atoms with E-state index in [9.17, 15) is 4.79 Å². The van der Waals surface area contributed by atoms with E-state index in [1.807, 2.05) is 31.2 Å². The molecule has 0 bridgehead atoms. The van der Waals surface area contributed by atoms with E-state index in [0.717, 1.165) is 11.1 Å². The van der Waals surface area contributed by atoms with Crippen LogP contribution in [-0.2, 0) is 6.54 Å². The summed E-state index contributed by atoms with van der Waals surface area (Å²) >= 11 is 11.8. The molecule has 0 aliphatic heterocycles. The molecule has 2 N–H and O–H groups in total. The Kier molecular flexibility index (Phi) is 5.71. The Morgan fingerprint density at radius 3 is 2.50 bits per heavy atom. The lowest BCUT2D eigenvalue weighted by atomic mass is 10.2. The Morgan fingerprint density at radius 1 is 1.04 bits per heavy atom. The minimum atomic E-state index is -0.313. The molecular weight excluding hydrogens is 371 g/mol. The van der Waals surface area contributed by atoms with Crippen molar-refractivity contribution in [2.24, 2.45) is 0 Å². The molecule has 0 aliphatic carbocycles. The van der Waals surface area contributed by atoms with Crippen molar-refractivity contribution in [2.75, 3.05) is 10.6 Å². The van der Waals surface area contributed by atoms with Gasteiger partial charge in [0.2, 0.25) is 5.95 Å². The van der Waals surface area contributed by atoms with E-state index < -0.39 is 0 Å². The van der Waals surface area contributed by atoms with Crippen LogP contribution in [0.5, 0.6) is 0 Å². The van der Waals surface area contributed by atoms with Gasteiger partial charge in [-0.05, 0) is 54.4 Å². The van der Waals surface area contributed by atoms with Crippen molar-refractivity contribution in [1.29, 1.82) is 0 Å². The second kappa shape index (κ2) is 8.17. The third kappa shape index (κ3) is 4.71. The van der Waals surface area contributed by atoms with Crippen LogP contribution in [0.25, 0.3) is 0 Å². The van der Waals surface area contributed by atoms with E-state index in [2.05, 4.69) is 20.6 Å². The number of rotatable bonds is 5. The summed E-state index contributed by atoms with van der Waals surface area (Å²) in [5, 5.41) is 7.23. The van der Waals surface area contributed by atoms with Crippen LogP contribution in [0.3, 0.4) is 0 Å². The molecule has 0 fully saturated rings. The molecule has 1 amide bonds. The first-order valence-electron chi connectivity index (χ1n) is 7.90. The van der Waals surface area contributed by atoms with Crippen LogP contribution in [0.1, 0.15) is 21.6 Å². The van der Waals surface area contributed by atoms with Crippen molar-refractivity contribution < 1.29 is 4.79 Å². The van der Waals surface area contributed by atoms with Gasteiger partial charge in [-0.1, -0.05) is 35.3 Å². The summed E-state index contributed by atoms with van der Waals surface area (Å²) in [5.41, 5.74) is 2.87. The highest BCUT2D eigenvalue weighted by Gasteiger charge is 2.11. The van der Waals surface area contributed by atoms with E-state index in [1.54, 1.807) is 30.5 Å². The van der Waals surface area contributed by atoms with Crippen LogP contribution in [-0.4, -0.2) is 15.9 Å². The zero-order valence-corrected chi connectivity index (χ0v) is 15.5. The molecule has 3 aromatic rings. The molecule has 3 rings (SSSR count). The number of anilines is 2. The molecule has 0 radical (unpaired) electrons. The molecule has 132 valence electrons. The van der Waals surface area contributed by atoms with Crippen LogP contribution in [0.4, 0.5) is 11.6 Å². The number of hydrogen-bond donors (Lipinski definition) is 2. The number of aromatic nitrogens is 2. The highest BCUT2D eigenvalue weighted by atomic mass is 35.5. The summed E-state index contributed by atoms with van der Waals surface area (Å²) in [7, 11) is 0. The maximum Gasteiger partial charge on any atom is 0.274 e. The summed E-state index contributed by atoms with van der Waals surface area (Å²) in [6.07, 6.45) is 1.54. The second-order valence-corrected chi connectivity index (χ2v) is 6.53. The molecule has 1 heterocycles. The van der Waals surface area contributed by atoms with E-state index >= 15 is 0 Å². The average Bonchev–Trinajstić information content (AvgIpc) is 2.64. The Balaban J connectivity index is 1.67. The molecule has 2 aromatic carbocycles. The van der Waals surface area contributed by atoms with Gasteiger partial charge >= 0.3 is 0 Å². The number of hydrogen-bond acceptors (Lipinski definition) is 4. The summed E-state index contributed by atoms with van der Waals surface area (Å²) in [5.74, 6) is 0.0628. The van der Waals surface area contributed by atoms with Gasteiger partial charge in [-0.2, -0.15) is 0 Å². The number of carbonyl (C=O) groups excluding carboxylic acids is 1. The largest absolute Gasteiger partial charge is 0.350 e. The van der Waals surface area contributed by atoms with E-state index in [-0.39, 0.29) is 11.6 Å². The quantitative estimate of drug-likeness (QED) is 0.650. The van der Waals surface area contributed by atoms with Crippen molar-refractivity contribution in [3.8, 4) is 0 Å². The molecule has 0 atom stereocenters.